The number of aromatic nitrogens is 4. The van der Waals surface area contributed by atoms with Crippen LogP contribution in [0.25, 0.3) is 22.1 Å². The van der Waals surface area contributed by atoms with E-state index in [9.17, 15) is 9.18 Å². The molecule has 40 heavy (non-hydrogen) atoms. The topological polar surface area (TPSA) is 91.2 Å². The van der Waals surface area contributed by atoms with Crippen molar-refractivity contribution in [2.75, 3.05) is 26.5 Å². The molecule has 3 aromatic carbocycles. The lowest BCUT2D eigenvalue weighted by Crippen LogP contribution is -2.25. The molecule has 8 nitrogen and oxygen atoms in total. The Labute approximate surface area is 235 Å². The molecule has 0 bridgehead atoms. The van der Waals surface area contributed by atoms with E-state index in [-0.39, 0.29) is 11.7 Å². The van der Waals surface area contributed by atoms with E-state index in [0.29, 0.717) is 71.3 Å². The van der Waals surface area contributed by atoms with E-state index in [4.69, 9.17) is 14.5 Å². The van der Waals surface area contributed by atoms with Gasteiger partial charge in [-0.25, -0.2) is 9.37 Å². The minimum Gasteiger partial charge on any atom is -0.493 e. The number of halogens is 1. The third-order valence-electron chi connectivity index (χ3n) is 6.56. The van der Waals surface area contributed by atoms with E-state index in [1.54, 1.807) is 20.3 Å². The number of benzene rings is 3. The molecule has 2 heterocycles. The molecule has 0 spiro atoms. The summed E-state index contributed by atoms with van der Waals surface area (Å²) in [5.41, 5.74) is 4.25. The number of hydrogen-bond acceptors (Lipinski definition) is 7. The maximum Gasteiger partial charge on any atom is 0.220 e. The molecule has 206 valence electrons. The van der Waals surface area contributed by atoms with Crippen LogP contribution in [0, 0.1) is 5.82 Å². The van der Waals surface area contributed by atoms with Gasteiger partial charge in [0.05, 0.1) is 19.7 Å². The second-order valence-corrected chi connectivity index (χ2v) is 10.3. The number of methoxy groups -OCH3 is 2. The summed E-state index contributed by atoms with van der Waals surface area (Å²) in [4.78, 5) is 17.1. The lowest BCUT2D eigenvalue weighted by molar-refractivity contribution is -0.121. The molecule has 0 aliphatic heterocycles. The fourth-order valence-corrected chi connectivity index (χ4v) is 5.29. The SMILES string of the molecule is COc1ccc(CCNC(=O)CCCSc2nnc3c4cc(F)ccc4n(Cc4ccccc4)c3n2)cc1OC. The van der Waals surface area contributed by atoms with Gasteiger partial charge in [0.1, 0.15) is 11.3 Å². The quantitative estimate of drug-likeness (QED) is 0.161. The van der Waals surface area contributed by atoms with Crippen LogP contribution in [0.2, 0.25) is 0 Å². The fourth-order valence-electron chi connectivity index (χ4n) is 4.57. The van der Waals surface area contributed by atoms with E-state index in [1.807, 2.05) is 53.1 Å². The summed E-state index contributed by atoms with van der Waals surface area (Å²) < 4.78 is 26.7. The average molecular weight is 560 g/mol. The molecule has 0 atom stereocenters. The van der Waals surface area contributed by atoms with Crippen LogP contribution in [0.4, 0.5) is 4.39 Å². The highest BCUT2D eigenvalue weighted by molar-refractivity contribution is 7.99. The van der Waals surface area contributed by atoms with Gasteiger partial charge in [-0.2, -0.15) is 0 Å². The van der Waals surface area contributed by atoms with Gasteiger partial charge in [0.25, 0.3) is 0 Å². The van der Waals surface area contributed by atoms with Crippen molar-refractivity contribution in [2.45, 2.75) is 31.0 Å². The molecule has 0 aliphatic carbocycles. The summed E-state index contributed by atoms with van der Waals surface area (Å²) in [7, 11) is 3.21. The lowest BCUT2D eigenvalue weighted by atomic mass is 10.1. The molecule has 1 amide bonds. The lowest BCUT2D eigenvalue weighted by Gasteiger charge is -2.10. The van der Waals surface area contributed by atoms with Gasteiger partial charge < -0.3 is 19.4 Å². The van der Waals surface area contributed by atoms with Crippen molar-refractivity contribution in [1.29, 1.82) is 0 Å². The summed E-state index contributed by atoms with van der Waals surface area (Å²) in [6.45, 7) is 1.12. The van der Waals surface area contributed by atoms with Crippen LogP contribution in [0.1, 0.15) is 24.0 Å². The number of carbonyl (C=O) groups excluding carboxylic acids is 1. The zero-order chi connectivity index (χ0) is 27.9. The van der Waals surface area contributed by atoms with Crippen molar-refractivity contribution in [1.82, 2.24) is 25.1 Å². The summed E-state index contributed by atoms with van der Waals surface area (Å²) >= 11 is 1.46. The van der Waals surface area contributed by atoms with Crippen LogP contribution in [0.15, 0.2) is 71.9 Å². The first kappa shape index (κ1) is 27.4. The number of fused-ring (bicyclic) bond motifs is 3. The van der Waals surface area contributed by atoms with Crippen molar-refractivity contribution in [2.24, 2.45) is 0 Å². The molecule has 1 N–H and O–H groups in total. The Balaban J connectivity index is 1.17. The highest BCUT2D eigenvalue weighted by Crippen LogP contribution is 2.29. The molecule has 10 heteroatoms. The van der Waals surface area contributed by atoms with Crippen molar-refractivity contribution in [3.05, 3.63) is 83.7 Å². The molecule has 0 fully saturated rings. The Hall–Kier alpha value is -4.18. The Morgan fingerprint density at radius 2 is 1.80 bits per heavy atom. The first-order valence-corrected chi connectivity index (χ1v) is 14.0. The maximum atomic E-state index is 14.0. The number of nitrogens with zero attached hydrogens (tertiary/aromatic N) is 4. The van der Waals surface area contributed by atoms with Crippen LogP contribution in [-0.4, -0.2) is 52.2 Å². The zero-order valence-corrected chi connectivity index (χ0v) is 23.2. The Kier molecular flexibility index (Phi) is 8.75. The molecule has 0 aliphatic rings. The van der Waals surface area contributed by atoms with Crippen LogP contribution in [-0.2, 0) is 17.8 Å². The normalized spacial score (nSPS) is 11.2. The second kappa shape index (κ2) is 12.8. The third kappa shape index (κ3) is 6.34. The first-order chi connectivity index (χ1) is 19.6. The minimum atomic E-state index is -0.325. The molecular formula is C30H30FN5O3S. The first-order valence-electron chi connectivity index (χ1n) is 13.0. The number of thioether (sulfide) groups is 1. The van der Waals surface area contributed by atoms with E-state index in [0.717, 1.165) is 16.6 Å². The summed E-state index contributed by atoms with van der Waals surface area (Å²) in [5.74, 6) is 1.70. The molecule has 0 saturated carbocycles. The monoisotopic (exact) mass is 559 g/mol. The van der Waals surface area contributed by atoms with Gasteiger partial charge in [-0.3, -0.25) is 4.79 Å². The fraction of sp³-hybridized carbons (Fsp3) is 0.267. The number of nitrogens with one attached hydrogen (secondary N) is 1. The van der Waals surface area contributed by atoms with Gasteiger partial charge in [0.2, 0.25) is 11.1 Å². The van der Waals surface area contributed by atoms with Crippen molar-refractivity contribution in [3.8, 4) is 11.5 Å². The van der Waals surface area contributed by atoms with Crippen molar-refractivity contribution in [3.63, 3.8) is 0 Å². The van der Waals surface area contributed by atoms with E-state index < -0.39 is 0 Å². The largest absolute Gasteiger partial charge is 0.493 e. The summed E-state index contributed by atoms with van der Waals surface area (Å²) in [5, 5.41) is 12.9. The standard InChI is InChI=1S/C30H30FN5O3S/c1-38-25-13-10-20(17-26(25)39-2)14-15-32-27(37)9-6-16-40-30-33-29-28(34-35-30)23-18-22(31)11-12-24(23)36(29)19-21-7-4-3-5-8-21/h3-5,7-8,10-13,17-18H,6,9,14-16,19H2,1-2H3,(H,32,37). The predicted octanol–water partition coefficient (Wildman–Crippen LogP) is 5.42. The Bertz CT molecular complexity index is 1630. The van der Waals surface area contributed by atoms with Gasteiger partial charge in [-0.15, -0.1) is 10.2 Å². The zero-order valence-electron chi connectivity index (χ0n) is 22.4. The minimum absolute atomic E-state index is 0.000542. The molecule has 2 aromatic heterocycles. The number of hydrogen-bond donors (Lipinski definition) is 1. The van der Waals surface area contributed by atoms with Crippen LogP contribution in [0.5, 0.6) is 11.5 Å². The maximum absolute atomic E-state index is 14.0. The Morgan fingerprint density at radius 3 is 2.60 bits per heavy atom. The smallest absolute Gasteiger partial charge is 0.220 e. The molecular weight excluding hydrogens is 529 g/mol. The average Bonchev–Trinajstić information content (AvgIpc) is 3.27. The van der Waals surface area contributed by atoms with E-state index >= 15 is 0 Å². The van der Waals surface area contributed by atoms with Gasteiger partial charge in [-0.1, -0.05) is 48.2 Å². The highest BCUT2D eigenvalue weighted by atomic mass is 32.2. The highest BCUT2D eigenvalue weighted by Gasteiger charge is 2.16. The van der Waals surface area contributed by atoms with Gasteiger partial charge in [-0.05, 0) is 54.3 Å². The van der Waals surface area contributed by atoms with E-state index in [2.05, 4.69) is 15.5 Å². The van der Waals surface area contributed by atoms with Crippen molar-refractivity contribution >= 4 is 39.7 Å². The van der Waals surface area contributed by atoms with E-state index in [1.165, 1.54) is 23.9 Å². The molecule has 0 saturated heterocycles. The second-order valence-electron chi connectivity index (χ2n) is 9.24. The predicted molar refractivity (Wildman–Crippen MR) is 155 cm³/mol. The van der Waals surface area contributed by atoms with Crippen LogP contribution in [0.3, 0.4) is 0 Å². The molecule has 5 aromatic rings. The Morgan fingerprint density at radius 1 is 0.975 bits per heavy atom. The summed E-state index contributed by atoms with van der Waals surface area (Å²) in [6, 6.07) is 20.5. The number of rotatable bonds is 12. The van der Waals surface area contributed by atoms with Gasteiger partial charge in [0, 0.05) is 30.6 Å². The van der Waals surface area contributed by atoms with Gasteiger partial charge >= 0.3 is 0 Å². The number of carbonyl (C=O) groups is 1. The molecule has 0 radical (unpaired) electrons. The van der Waals surface area contributed by atoms with Crippen LogP contribution < -0.4 is 14.8 Å². The number of ether oxygens (including phenoxy) is 2. The summed E-state index contributed by atoms with van der Waals surface area (Å²) in [6.07, 6.45) is 1.77. The van der Waals surface area contributed by atoms with Crippen molar-refractivity contribution < 1.29 is 18.7 Å². The third-order valence-corrected chi connectivity index (χ3v) is 7.48. The molecule has 0 unspecified atom stereocenters. The van der Waals surface area contributed by atoms with Gasteiger partial charge in [0.15, 0.2) is 17.1 Å². The molecule has 5 rings (SSSR count). The van der Waals surface area contributed by atoms with Crippen LogP contribution >= 0.6 is 11.8 Å². The number of amides is 1.